The quantitative estimate of drug-likeness (QED) is 0.665. The average Bonchev–Trinajstić information content (AvgIpc) is 1.48. The standard InChI is InChI=1S/C7H16O4S/c1-6(8)5-7(2,3)11-12(4,9)10/h6,8H,5H2,1-4H3. The largest absolute Gasteiger partial charge is 0.393 e. The van der Waals surface area contributed by atoms with Crippen LogP contribution in [0.4, 0.5) is 0 Å². The van der Waals surface area contributed by atoms with Crippen LogP contribution in [0.1, 0.15) is 27.2 Å². The summed E-state index contributed by atoms with van der Waals surface area (Å²) in [6.45, 7) is 4.84. The number of aliphatic hydroxyl groups excluding tert-OH is 1. The van der Waals surface area contributed by atoms with E-state index in [0.29, 0.717) is 6.42 Å². The molecule has 0 heterocycles. The zero-order valence-corrected chi connectivity index (χ0v) is 8.68. The van der Waals surface area contributed by atoms with E-state index in [4.69, 9.17) is 9.29 Å². The first-order valence-corrected chi connectivity index (χ1v) is 5.53. The van der Waals surface area contributed by atoms with Gasteiger partial charge in [0, 0.05) is 6.42 Å². The maximum Gasteiger partial charge on any atom is 0.264 e. The predicted molar refractivity (Wildman–Crippen MR) is 46.3 cm³/mol. The summed E-state index contributed by atoms with van der Waals surface area (Å²) in [5.41, 5.74) is -0.832. The normalized spacial score (nSPS) is 16.1. The lowest BCUT2D eigenvalue weighted by atomic mass is 10.0. The average molecular weight is 196 g/mol. The van der Waals surface area contributed by atoms with Crippen molar-refractivity contribution in [2.24, 2.45) is 0 Å². The van der Waals surface area contributed by atoms with Gasteiger partial charge in [-0.3, -0.25) is 4.18 Å². The van der Waals surface area contributed by atoms with Gasteiger partial charge in [-0.1, -0.05) is 0 Å². The van der Waals surface area contributed by atoms with E-state index in [-0.39, 0.29) is 0 Å². The molecule has 0 radical (unpaired) electrons. The number of hydrogen-bond donors (Lipinski definition) is 1. The number of rotatable bonds is 4. The van der Waals surface area contributed by atoms with Crippen LogP contribution >= 0.6 is 0 Å². The Balaban J connectivity index is 4.23. The van der Waals surface area contributed by atoms with E-state index >= 15 is 0 Å². The summed E-state index contributed by atoms with van der Waals surface area (Å²) in [5.74, 6) is 0. The van der Waals surface area contributed by atoms with Crippen LogP contribution in [0.15, 0.2) is 0 Å². The molecule has 0 saturated heterocycles. The molecule has 1 atom stereocenters. The van der Waals surface area contributed by atoms with Crippen molar-refractivity contribution in [2.75, 3.05) is 6.26 Å². The van der Waals surface area contributed by atoms with Crippen LogP contribution < -0.4 is 0 Å². The fraction of sp³-hybridized carbons (Fsp3) is 1.00. The molecule has 4 nitrogen and oxygen atoms in total. The Morgan fingerprint density at radius 1 is 1.50 bits per heavy atom. The first-order valence-electron chi connectivity index (χ1n) is 3.71. The molecule has 1 unspecified atom stereocenters. The fourth-order valence-corrected chi connectivity index (χ4v) is 2.04. The summed E-state index contributed by atoms with van der Waals surface area (Å²) in [6, 6.07) is 0. The summed E-state index contributed by atoms with van der Waals surface area (Å²) in [6.07, 6.45) is 0.721. The van der Waals surface area contributed by atoms with Crippen molar-refractivity contribution < 1.29 is 17.7 Å². The van der Waals surface area contributed by atoms with Gasteiger partial charge in [-0.2, -0.15) is 8.42 Å². The molecule has 0 fully saturated rings. The molecule has 0 amide bonds. The van der Waals surface area contributed by atoms with Crippen LogP contribution in [0, 0.1) is 0 Å². The number of aliphatic hydroxyl groups is 1. The second-order valence-corrected chi connectivity index (χ2v) is 5.18. The molecule has 0 aliphatic heterocycles. The summed E-state index contributed by atoms with van der Waals surface area (Å²) in [7, 11) is -3.44. The molecule has 5 heteroatoms. The van der Waals surface area contributed by atoms with Crippen molar-refractivity contribution in [2.45, 2.75) is 38.9 Å². The van der Waals surface area contributed by atoms with Crippen molar-refractivity contribution in [3.05, 3.63) is 0 Å². The second-order valence-electron chi connectivity index (χ2n) is 3.60. The smallest absolute Gasteiger partial charge is 0.264 e. The lowest BCUT2D eigenvalue weighted by Gasteiger charge is -2.24. The van der Waals surface area contributed by atoms with E-state index in [0.717, 1.165) is 6.26 Å². The molecule has 12 heavy (non-hydrogen) atoms. The zero-order valence-electron chi connectivity index (χ0n) is 7.86. The van der Waals surface area contributed by atoms with Gasteiger partial charge in [0.2, 0.25) is 0 Å². The van der Waals surface area contributed by atoms with Gasteiger partial charge < -0.3 is 5.11 Å². The van der Waals surface area contributed by atoms with Crippen molar-refractivity contribution in [1.82, 2.24) is 0 Å². The van der Waals surface area contributed by atoms with Crippen molar-refractivity contribution in [3.63, 3.8) is 0 Å². The molecular formula is C7H16O4S. The molecule has 0 aromatic carbocycles. The summed E-state index contributed by atoms with van der Waals surface area (Å²) in [5, 5.41) is 9.01. The molecule has 0 aliphatic rings. The van der Waals surface area contributed by atoms with Gasteiger partial charge in [0.1, 0.15) is 0 Å². The van der Waals surface area contributed by atoms with Crippen LogP contribution in [0.25, 0.3) is 0 Å². The van der Waals surface area contributed by atoms with E-state index in [2.05, 4.69) is 0 Å². The fourth-order valence-electron chi connectivity index (χ4n) is 1.16. The van der Waals surface area contributed by atoms with Gasteiger partial charge in [0.05, 0.1) is 18.0 Å². The molecule has 0 aliphatic carbocycles. The topological polar surface area (TPSA) is 63.6 Å². The predicted octanol–water partition coefficient (Wildman–Crippen LogP) is 0.512. The third kappa shape index (κ3) is 6.57. The molecule has 1 N–H and O–H groups in total. The highest BCUT2D eigenvalue weighted by Crippen LogP contribution is 2.18. The van der Waals surface area contributed by atoms with Crippen LogP contribution in [0.3, 0.4) is 0 Å². The monoisotopic (exact) mass is 196 g/mol. The van der Waals surface area contributed by atoms with Crippen LogP contribution in [0.2, 0.25) is 0 Å². The maximum atomic E-state index is 10.7. The summed E-state index contributed by atoms with van der Waals surface area (Å²) >= 11 is 0. The third-order valence-electron chi connectivity index (χ3n) is 1.16. The maximum absolute atomic E-state index is 10.7. The Labute approximate surface area is 73.7 Å². The minimum Gasteiger partial charge on any atom is -0.393 e. The lowest BCUT2D eigenvalue weighted by molar-refractivity contribution is 0.0519. The Morgan fingerprint density at radius 3 is 2.17 bits per heavy atom. The zero-order chi connectivity index (χ0) is 9.99. The Kier molecular flexibility index (Phi) is 3.68. The molecule has 0 bridgehead atoms. The van der Waals surface area contributed by atoms with E-state index in [1.54, 1.807) is 20.8 Å². The highest BCUT2D eigenvalue weighted by atomic mass is 32.2. The van der Waals surface area contributed by atoms with Gasteiger partial charge in [-0.15, -0.1) is 0 Å². The Bertz CT molecular complexity index is 228. The van der Waals surface area contributed by atoms with E-state index < -0.39 is 21.8 Å². The second kappa shape index (κ2) is 3.72. The van der Waals surface area contributed by atoms with E-state index in [1.807, 2.05) is 0 Å². The van der Waals surface area contributed by atoms with Crippen LogP contribution in [-0.2, 0) is 14.3 Å². The first-order chi connectivity index (χ1) is 5.12. The highest BCUT2D eigenvalue weighted by molar-refractivity contribution is 7.86. The first kappa shape index (κ1) is 11.9. The van der Waals surface area contributed by atoms with Crippen molar-refractivity contribution >= 4 is 10.1 Å². The molecule has 0 aromatic heterocycles. The number of hydrogen-bond acceptors (Lipinski definition) is 4. The lowest BCUT2D eigenvalue weighted by Crippen LogP contribution is -2.31. The molecule has 74 valence electrons. The minimum atomic E-state index is -3.44. The summed E-state index contributed by atoms with van der Waals surface area (Å²) < 4.78 is 26.2. The molecule has 0 saturated carbocycles. The molecule has 0 rings (SSSR count). The van der Waals surface area contributed by atoms with Gasteiger partial charge >= 0.3 is 0 Å². The van der Waals surface area contributed by atoms with Crippen molar-refractivity contribution in [3.8, 4) is 0 Å². The van der Waals surface area contributed by atoms with Crippen molar-refractivity contribution in [1.29, 1.82) is 0 Å². The van der Waals surface area contributed by atoms with Crippen LogP contribution in [-0.4, -0.2) is 31.5 Å². The Morgan fingerprint density at radius 2 is 1.92 bits per heavy atom. The SMILES string of the molecule is CC(O)CC(C)(C)OS(C)(=O)=O. The van der Waals surface area contributed by atoms with Gasteiger partial charge in [-0.05, 0) is 20.8 Å². The molecule has 0 spiro atoms. The highest BCUT2D eigenvalue weighted by Gasteiger charge is 2.25. The summed E-state index contributed by atoms with van der Waals surface area (Å²) in [4.78, 5) is 0. The van der Waals surface area contributed by atoms with Gasteiger partial charge in [0.15, 0.2) is 0 Å². The van der Waals surface area contributed by atoms with Gasteiger partial charge in [-0.25, -0.2) is 0 Å². The van der Waals surface area contributed by atoms with E-state index in [9.17, 15) is 8.42 Å². The third-order valence-corrected chi connectivity index (χ3v) is 1.92. The van der Waals surface area contributed by atoms with E-state index in [1.165, 1.54) is 0 Å². The Hall–Kier alpha value is -0.130. The van der Waals surface area contributed by atoms with Gasteiger partial charge in [0.25, 0.3) is 10.1 Å². The molecular weight excluding hydrogens is 180 g/mol. The minimum absolute atomic E-state index is 0.292. The van der Waals surface area contributed by atoms with Crippen LogP contribution in [0.5, 0.6) is 0 Å². The molecule has 0 aromatic rings.